The minimum atomic E-state index is -0.501. The Kier molecular flexibility index (Phi) is 6.01. The van der Waals surface area contributed by atoms with E-state index in [-0.39, 0.29) is 22.5 Å². The van der Waals surface area contributed by atoms with Crippen molar-refractivity contribution in [3.63, 3.8) is 0 Å². The van der Waals surface area contributed by atoms with Crippen molar-refractivity contribution in [1.29, 1.82) is 0 Å². The van der Waals surface area contributed by atoms with E-state index in [9.17, 15) is 14.4 Å². The molecule has 0 aliphatic rings. The van der Waals surface area contributed by atoms with Crippen molar-refractivity contribution in [2.45, 2.75) is 6.42 Å². The lowest BCUT2D eigenvalue weighted by molar-refractivity contribution is -0.113. The summed E-state index contributed by atoms with van der Waals surface area (Å²) in [4.78, 5) is 37.0. The van der Waals surface area contributed by atoms with Crippen molar-refractivity contribution in [1.82, 2.24) is 0 Å². The van der Waals surface area contributed by atoms with Crippen LogP contribution in [0.2, 0.25) is 0 Å². The van der Waals surface area contributed by atoms with E-state index in [2.05, 4.69) is 0 Å². The minimum Gasteiger partial charge on any atom is -0.497 e. The molecule has 28 heavy (non-hydrogen) atoms. The van der Waals surface area contributed by atoms with E-state index in [1.807, 2.05) is 0 Å². The van der Waals surface area contributed by atoms with Crippen LogP contribution < -0.4 is 14.2 Å². The Morgan fingerprint density at radius 3 is 2.46 bits per heavy atom. The monoisotopic (exact) mass is 394 g/mol. The first-order valence-corrected chi connectivity index (χ1v) is 9.32. The number of hydrogen-bond donors (Lipinski definition) is 0. The molecule has 0 atom stereocenters. The number of ether oxygens (including phenoxy) is 2. The summed E-state index contributed by atoms with van der Waals surface area (Å²) in [6.45, 7) is 0. The van der Waals surface area contributed by atoms with Gasteiger partial charge < -0.3 is 9.47 Å². The van der Waals surface area contributed by atoms with Crippen molar-refractivity contribution in [3.8, 4) is 11.5 Å². The first-order valence-electron chi connectivity index (χ1n) is 8.51. The van der Waals surface area contributed by atoms with Crippen LogP contribution in [0, 0.1) is 0 Å². The maximum Gasteiger partial charge on any atom is 0.243 e. The van der Waals surface area contributed by atoms with Crippen LogP contribution >= 0.6 is 11.3 Å². The van der Waals surface area contributed by atoms with Crippen molar-refractivity contribution >= 4 is 39.1 Å². The number of fused-ring (bicyclic) bond motifs is 1. The normalized spacial score (nSPS) is 10.9. The number of methoxy groups -OCH3 is 2. The number of rotatable bonds is 7. The van der Waals surface area contributed by atoms with Gasteiger partial charge in [-0.3, -0.25) is 14.4 Å². The molecule has 0 unspecified atom stereocenters. The van der Waals surface area contributed by atoms with E-state index in [1.54, 1.807) is 55.7 Å². The lowest BCUT2D eigenvalue weighted by Crippen LogP contribution is -2.14. The summed E-state index contributed by atoms with van der Waals surface area (Å²) in [6.07, 6.45) is 2.60. The molecule has 142 valence electrons. The number of benzene rings is 2. The molecule has 5 nitrogen and oxygen atoms in total. The summed E-state index contributed by atoms with van der Waals surface area (Å²) in [5.41, 5.74) is 0.817. The third kappa shape index (κ3) is 4.35. The molecule has 2 aromatic carbocycles. The predicted molar refractivity (Wildman–Crippen MR) is 111 cm³/mol. The molecule has 0 fully saturated rings. The van der Waals surface area contributed by atoms with Crippen molar-refractivity contribution < 1.29 is 19.1 Å². The van der Waals surface area contributed by atoms with Crippen LogP contribution in [0.25, 0.3) is 16.2 Å². The quantitative estimate of drug-likeness (QED) is 0.342. The summed E-state index contributed by atoms with van der Waals surface area (Å²) in [6, 6.07) is 14.0. The molecule has 0 radical (unpaired) electrons. The zero-order chi connectivity index (χ0) is 20.1. The van der Waals surface area contributed by atoms with Crippen LogP contribution in [-0.2, 0) is 4.79 Å². The average Bonchev–Trinajstić information content (AvgIpc) is 2.71. The molecule has 6 heteroatoms. The molecule has 1 aromatic heterocycles. The largest absolute Gasteiger partial charge is 0.497 e. The highest BCUT2D eigenvalue weighted by molar-refractivity contribution is 7.16. The Morgan fingerprint density at radius 2 is 1.79 bits per heavy atom. The molecule has 0 amide bonds. The van der Waals surface area contributed by atoms with Crippen LogP contribution in [-0.4, -0.2) is 25.8 Å². The smallest absolute Gasteiger partial charge is 0.243 e. The first-order chi connectivity index (χ1) is 13.5. The number of carbonyl (C=O) groups is 2. The molecule has 0 spiro atoms. The average molecular weight is 394 g/mol. The van der Waals surface area contributed by atoms with Gasteiger partial charge in [0.15, 0.2) is 11.6 Å². The van der Waals surface area contributed by atoms with Gasteiger partial charge in [0, 0.05) is 10.1 Å². The number of carbonyl (C=O) groups excluding carboxylic acids is 2. The first kappa shape index (κ1) is 19.5. The van der Waals surface area contributed by atoms with Crippen LogP contribution in [0.1, 0.15) is 22.3 Å². The molecule has 3 aromatic rings. The SMILES string of the molecule is COc1ccc(/C=C\C(=O)CC(=O)c2cc3c(OC)cccc3sc2=O)cc1. The van der Waals surface area contributed by atoms with Gasteiger partial charge in [-0.15, -0.1) is 0 Å². The fourth-order valence-corrected chi connectivity index (χ4v) is 3.60. The predicted octanol–water partition coefficient (Wildman–Crippen LogP) is 4.13. The molecular formula is C22H18O5S. The van der Waals surface area contributed by atoms with Gasteiger partial charge in [-0.05, 0) is 42.0 Å². The fourth-order valence-electron chi connectivity index (χ4n) is 2.70. The van der Waals surface area contributed by atoms with Gasteiger partial charge in [0.1, 0.15) is 11.5 Å². The van der Waals surface area contributed by atoms with Crippen LogP contribution in [0.4, 0.5) is 0 Å². The molecule has 0 bridgehead atoms. The highest BCUT2D eigenvalue weighted by atomic mass is 32.1. The molecule has 1 heterocycles. The number of ketones is 2. The molecule has 0 aliphatic heterocycles. The van der Waals surface area contributed by atoms with Gasteiger partial charge in [-0.2, -0.15) is 0 Å². The third-order valence-electron chi connectivity index (χ3n) is 4.17. The second-order valence-corrected chi connectivity index (χ2v) is 7.01. The van der Waals surface area contributed by atoms with E-state index < -0.39 is 5.78 Å². The fraction of sp³-hybridized carbons (Fsp3) is 0.136. The van der Waals surface area contributed by atoms with Crippen molar-refractivity contribution in [3.05, 3.63) is 75.3 Å². The molecule has 0 saturated heterocycles. The van der Waals surface area contributed by atoms with E-state index >= 15 is 0 Å². The van der Waals surface area contributed by atoms with Gasteiger partial charge in [0.05, 0.1) is 26.2 Å². The van der Waals surface area contributed by atoms with Crippen molar-refractivity contribution in [2.75, 3.05) is 14.2 Å². The van der Waals surface area contributed by atoms with Gasteiger partial charge in [0.25, 0.3) is 0 Å². The Labute approximate surface area is 165 Å². The lowest BCUT2D eigenvalue weighted by Gasteiger charge is -2.05. The Bertz CT molecular complexity index is 1110. The summed E-state index contributed by atoms with van der Waals surface area (Å²) >= 11 is 0.969. The van der Waals surface area contributed by atoms with Crippen LogP contribution in [0.3, 0.4) is 0 Å². The molecule has 3 rings (SSSR count). The standard InChI is InChI=1S/C22H18O5S/c1-26-16-10-7-14(8-11-16)6-9-15(23)12-19(24)17-13-18-20(27-2)4-3-5-21(18)28-22(17)25/h3-11,13H,12H2,1-2H3/b9-6-. The zero-order valence-electron chi connectivity index (χ0n) is 15.4. The van der Waals surface area contributed by atoms with Gasteiger partial charge in [-0.25, -0.2) is 0 Å². The summed E-state index contributed by atoms with van der Waals surface area (Å²) in [5.74, 6) is 0.423. The van der Waals surface area contributed by atoms with Crippen LogP contribution in [0.15, 0.2) is 59.4 Å². The maximum atomic E-state index is 12.5. The van der Waals surface area contributed by atoms with E-state index in [0.717, 1.165) is 27.3 Å². The van der Waals surface area contributed by atoms with E-state index in [0.29, 0.717) is 11.1 Å². The zero-order valence-corrected chi connectivity index (χ0v) is 16.2. The Balaban J connectivity index is 1.78. The Morgan fingerprint density at radius 1 is 1.04 bits per heavy atom. The van der Waals surface area contributed by atoms with E-state index in [1.165, 1.54) is 19.3 Å². The Hall–Kier alpha value is -3.25. The highest BCUT2D eigenvalue weighted by Gasteiger charge is 2.16. The summed E-state index contributed by atoms with van der Waals surface area (Å²) in [5, 5.41) is 0.680. The van der Waals surface area contributed by atoms with Crippen molar-refractivity contribution in [2.24, 2.45) is 0 Å². The molecular weight excluding hydrogens is 376 g/mol. The number of Topliss-reactive ketones (excluding diaryl/α,β-unsaturated/α-hetero) is 1. The van der Waals surface area contributed by atoms with Gasteiger partial charge in [0.2, 0.25) is 4.74 Å². The molecule has 0 aliphatic carbocycles. The third-order valence-corrected chi connectivity index (χ3v) is 5.15. The van der Waals surface area contributed by atoms with E-state index in [4.69, 9.17) is 9.47 Å². The van der Waals surface area contributed by atoms with Crippen LogP contribution in [0.5, 0.6) is 11.5 Å². The highest BCUT2D eigenvalue weighted by Crippen LogP contribution is 2.27. The summed E-state index contributed by atoms with van der Waals surface area (Å²) in [7, 11) is 3.10. The van der Waals surface area contributed by atoms with Gasteiger partial charge in [-0.1, -0.05) is 35.6 Å². The topological polar surface area (TPSA) is 69.7 Å². The van der Waals surface area contributed by atoms with Gasteiger partial charge >= 0.3 is 0 Å². The lowest BCUT2D eigenvalue weighted by atomic mass is 10.1. The number of allylic oxidation sites excluding steroid dienone is 1. The summed E-state index contributed by atoms with van der Waals surface area (Å²) < 4.78 is 10.7. The second kappa shape index (κ2) is 8.63. The number of hydrogen-bond acceptors (Lipinski definition) is 6. The minimum absolute atomic E-state index is 0.00759. The molecule has 0 saturated carbocycles. The maximum absolute atomic E-state index is 12.5. The second-order valence-electron chi connectivity index (χ2n) is 5.99. The molecule has 0 N–H and O–H groups in total.